The second-order valence-electron chi connectivity index (χ2n) is 6.49. The fourth-order valence-electron chi connectivity index (χ4n) is 3.02. The Labute approximate surface area is 148 Å². The highest BCUT2D eigenvalue weighted by Gasteiger charge is 2.15. The zero-order valence-corrected chi connectivity index (χ0v) is 14.6. The Hall–Kier alpha value is -2.40. The number of rotatable bonds is 6. The van der Waals surface area contributed by atoms with Crippen molar-refractivity contribution in [2.24, 2.45) is 0 Å². The number of aromatic nitrogens is 1. The quantitative estimate of drug-likeness (QED) is 0.818. The third kappa shape index (κ3) is 5.29. The summed E-state index contributed by atoms with van der Waals surface area (Å²) in [5.74, 6) is 0. The van der Waals surface area contributed by atoms with Gasteiger partial charge in [0.2, 0.25) is 0 Å². The summed E-state index contributed by atoms with van der Waals surface area (Å²) in [6.07, 6.45) is 7.04. The molecular weight excluding hydrogens is 314 g/mol. The number of carbonyl (C=O) groups is 1. The molecule has 3 rings (SSSR count). The van der Waals surface area contributed by atoms with Gasteiger partial charge in [-0.05, 0) is 49.6 Å². The van der Waals surface area contributed by atoms with Crippen LogP contribution in [0.5, 0.6) is 0 Å². The summed E-state index contributed by atoms with van der Waals surface area (Å²) in [7, 11) is 0. The summed E-state index contributed by atoms with van der Waals surface area (Å²) >= 11 is 0. The maximum absolute atomic E-state index is 12.1. The Bertz CT molecular complexity index is 667. The summed E-state index contributed by atoms with van der Waals surface area (Å²) in [6.45, 7) is 2.54. The average Bonchev–Trinajstić information content (AvgIpc) is 3.15. The molecule has 1 fully saturated rings. The number of nitrogens with zero attached hydrogens (tertiary/aromatic N) is 1. The van der Waals surface area contributed by atoms with Gasteiger partial charge in [0.15, 0.2) is 0 Å². The Morgan fingerprint density at radius 3 is 2.64 bits per heavy atom. The van der Waals surface area contributed by atoms with E-state index in [9.17, 15) is 4.79 Å². The molecule has 0 spiro atoms. The highest BCUT2D eigenvalue weighted by atomic mass is 16.5. The van der Waals surface area contributed by atoms with Crippen LogP contribution < -0.4 is 10.6 Å². The SMILES string of the molecule is C[C@@H](NC(=O)Nc1ccc(COC2CCCC2)cc1)c1ccccn1. The third-order valence-electron chi connectivity index (χ3n) is 4.48. The molecule has 1 aromatic heterocycles. The second kappa shape index (κ2) is 8.62. The summed E-state index contributed by atoms with van der Waals surface area (Å²) < 4.78 is 5.90. The molecule has 5 nitrogen and oxygen atoms in total. The van der Waals surface area contributed by atoms with E-state index >= 15 is 0 Å². The molecular formula is C20H25N3O2. The molecule has 1 heterocycles. The number of pyridine rings is 1. The Morgan fingerprint density at radius 1 is 1.20 bits per heavy atom. The first kappa shape index (κ1) is 17.4. The van der Waals surface area contributed by atoms with Crippen LogP contribution in [0.3, 0.4) is 0 Å². The largest absolute Gasteiger partial charge is 0.374 e. The van der Waals surface area contributed by atoms with E-state index in [0.29, 0.717) is 12.7 Å². The molecule has 1 aromatic carbocycles. The molecule has 25 heavy (non-hydrogen) atoms. The van der Waals surface area contributed by atoms with Crippen LogP contribution in [0.4, 0.5) is 10.5 Å². The number of urea groups is 1. The molecule has 0 bridgehead atoms. The van der Waals surface area contributed by atoms with Crippen molar-refractivity contribution in [2.45, 2.75) is 51.4 Å². The number of hydrogen-bond acceptors (Lipinski definition) is 3. The lowest BCUT2D eigenvalue weighted by molar-refractivity contribution is 0.0457. The van der Waals surface area contributed by atoms with Crippen LogP contribution in [0.1, 0.15) is 49.9 Å². The Morgan fingerprint density at radius 2 is 1.96 bits per heavy atom. The smallest absolute Gasteiger partial charge is 0.319 e. The number of nitrogens with one attached hydrogen (secondary N) is 2. The van der Waals surface area contributed by atoms with Crippen molar-refractivity contribution in [3.8, 4) is 0 Å². The van der Waals surface area contributed by atoms with Gasteiger partial charge in [0.25, 0.3) is 0 Å². The van der Waals surface area contributed by atoms with Crippen molar-refractivity contribution < 1.29 is 9.53 Å². The number of amides is 2. The lowest BCUT2D eigenvalue weighted by Crippen LogP contribution is -2.31. The molecule has 0 saturated heterocycles. The minimum atomic E-state index is -0.242. The van der Waals surface area contributed by atoms with Crippen molar-refractivity contribution in [2.75, 3.05) is 5.32 Å². The van der Waals surface area contributed by atoms with Gasteiger partial charge in [-0.25, -0.2) is 4.79 Å². The number of benzene rings is 1. The maximum Gasteiger partial charge on any atom is 0.319 e. The molecule has 1 saturated carbocycles. The van der Waals surface area contributed by atoms with Crippen LogP contribution in [0.2, 0.25) is 0 Å². The van der Waals surface area contributed by atoms with Gasteiger partial charge in [0.05, 0.1) is 24.4 Å². The van der Waals surface area contributed by atoms with Crippen LogP contribution in [-0.2, 0) is 11.3 Å². The number of carbonyl (C=O) groups excluding carboxylic acids is 1. The summed E-state index contributed by atoms with van der Waals surface area (Å²) in [6, 6.07) is 13.0. The van der Waals surface area contributed by atoms with Crippen molar-refractivity contribution in [1.82, 2.24) is 10.3 Å². The number of hydrogen-bond donors (Lipinski definition) is 2. The average molecular weight is 339 g/mol. The van der Waals surface area contributed by atoms with Gasteiger partial charge in [-0.2, -0.15) is 0 Å². The van der Waals surface area contributed by atoms with Crippen molar-refractivity contribution in [3.05, 3.63) is 59.9 Å². The first-order valence-electron chi connectivity index (χ1n) is 8.90. The molecule has 1 aliphatic rings. The molecule has 0 radical (unpaired) electrons. The predicted octanol–water partition coefficient (Wildman–Crippen LogP) is 4.42. The zero-order valence-electron chi connectivity index (χ0n) is 14.6. The van der Waals surface area contributed by atoms with Crippen molar-refractivity contribution in [1.29, 1.82) is 0 Å². The minimum absolute atomic E-state index is 0.153. The van der Waals surface area contributed by atoms with E-state index in [1.54, 1.807) is 6.20 Å². The van der Waals surface area contributed by atoms with Gasteiger partial charge >= 0.3 is 6.03 Å². The fourth-order valence-corrected chi connectivity index (χ4v) is 3.02. The molecule has 2 aromatic rings. The Kier molecular flexibility index (Phi) is 6.01. The second-order valence-corrected chi connectivity index (χ2v) is 6.49. The van der Waals surface area contributed by atoms with E-state index in [2.05, 4.69) is 15.6 Å². The van der Waals surface area contributed by atoms with Gasteiger partial charge in [0.1, 0.15) is 0 Å². The van der Waals surface area contributed by atoms with Gasteiger partial charge in [-0.15, -0.1) is 0 Å². The minimum Gasteiger partial charge on any atom is -0.374 e. The first-order valence-corrected chi connectivity index (χ1v) is 8.90. The van der Waals surface area contributed by atoms with Gasteiger partial charge in [-0.1, -0.05) is 31.0 Å². The van der Waals surface area contributed by atoms with E-state index < -0.39 is 0 Å². The first-order chi connectivity index (χ1) is 12.2. The van der Waals surface area contributed by atoms with Crippen LogP contribution in [0.25, 0.3) is 0 Å². The van der Waals surface area contributed by atoms with Crippen LogP contribution in [0, 0.1) is 0 Å². The monoisotopic (exact) mass is 339 g/mol. The molecule has 5 heteroatoms. The normalized spacial score (nSPS) is 15.7. The van der Waals surface area contributed by atoms with Crippen LogP contribution in [-0.4, -0.2) is 17.1 Å². The Balaban J connectivity index is 1.46. The third-order valence-corrected chi connectivity index (χ3v) is 4.48. The molecule has 0 aliphatic heterocycles. The summed E-state index contributed by atoms with van der Waals surface area (Å²) in [4.78, 5) is 16.4. The lowest BCUT2D eigenvalue weighted by Gasteiger charge is -2.14. The van der Waals surface area contributed by atoms with Gasteiger partial charge in [0, 0.05) is 11.9 Å². The van der Waals surface area contributed by atoms with E-state index in [4.69, 9.17) is 4.74 Å². The molecule has 1 aliphatic carbocycles. The van der Waals surface area contributed by atoms with Crippen LogP contribution >= 0.6 is 0 Å². The topological polar surface area (TPSA) is 63.2 Å². The highest BCUT2D eigenvalue weighted by molar-refractivity contribution is 5.89. The van der Waals surface area contributed by atoms with E-state index in [1.807, 2.05) is 49.4 Å². The van der Waals surface area contributed by atoms with E-state index in [1.165, 1.54) is 25.7 Å². The zero-order chi connectivity index (χ0) is 17.5. The van der Waals surface area contributed by atoms with Gasteiger partial charge in [-0.3, -0.25) is 4.98 Å². The van der Waals surface area contributed by atoms with E-state index in [0.717, 1.165) is 16.9 Å². The summed E-state index contributed by atoms with van der Waals surface area (Å²) in [5, 5.41) is 5.73. The summed E-state index contributed by atoms with van der Waals surface area (Å²) in [5.41, 5.74) is 2.71. The molecule has 2 amide bonds. The predicted molar refractivity (Wildman–Crippen MR) is 98.3 cm³/mol. The molecule has 2 N–H and O–H groups in total. The maximum atomic E-state index is 12.1. The molecule has 132 valence electrons. The highest BCUT2D eigenvalue weighted by Crippen LogP contribution is 2.22. The van der Waals surface area contributed by atoms with Crippen molar-refractivity contribution >= 4 is 11.7 Å². The van der Waals surface area contributed by atoms with Gasteiger partial charge < -0.3 is 15.4 Å². The number of ether oxygens (including phenoxy) is 1. The standard InChI is InChI=1S/C20H25N3O2/c1-15(19-8-4-5-13-21-19)22-20(24)23-17-11-9-16(10-12-17)14-25-18-6-2-3-7-18/h4-5,8-13,15,18H,2-3,6-7,14H2,1H3,(H2,22,23,24)/t15-/m1/s1. The van der Waals surface area contributed by atoms with Crippen LogP contribution in [0.15, 0.2) is 48.7 Å². The molecule has 1 atom stereocenters. The van der Waals surface area contributed by atoms with E-state index in [-0.39, 0.29) is 12.1 Å². The van der Waals surface area contributed by atoms with Crippen molar-refractivity contribution in [3.63, 3.8) is 0 Å². The fraction of sp³-hybridized carbons (Fsp3) is 0.400. The number of anilines is 1. The lowest BCUT2D eigenvalue weighted by atomic mass is 10.2. The molecule has 0 unspecified atom stereocenters.